The van der Waals surface area contributed by atoms with Crippen LogP contribution < -0.4 is 0 Å². The summed E-state index contributed by atoms with van der Waals surface area (Å²) < 4.78 is 2.27. The fraction of sp³-hybridized carbons (Fsp3) is 0.643. The molecule has 20 heavy (non-hydrogen) atoms. The lowest BCUT2D eigenvalue weighted by Crippen LogP contribution is -2.36. The van der Waals surface area contributed by atoms with Gasteiger partial charge in [0.05, 0.1) is 6.54 Å². The Labute approximate surface area is 123 Å². The average Bonchev–Trinajstić information content (AvgIpc) is 3.00. The molecule has 3 heterocycles. The molecule has 2 aromatic heterocycles. The second-order valence-corrected chi connectivity index (χ2v) is 6.85. The number of rotatable bonds is 4. The van der Waals surface area contributed by atoms with Gasteiger partial charge in [-0.25, -0.2) is 4.98 Å². The van der Waals surface area contributed by atoms with Crippen molar-refractivity contribution in [2.24, 2.45) is 5.92 Å². The van der Waals surface area contributed by atoms with Crippen molar-refractivity contribution >= 4 is 11.3 Å². The van der Waals surface area contributed by atoms with Crippen LogP contribution in [0.4, 0.5) is 0 Å². The second kappa shape index (κ2) is 6.01. The molecule has 0 amide bonds. The van der Waals surface area contributed by atoms with Crippen molar-refractivity contribution in [1.82, 2.24) is 24.6 Å². The Morgan fingerprint density at radius 3 is 2.95 bits per heavy atom. The van der Waals surface area contributed by atoms with E-state index in [2.05, 4.69) is 37.8 Å². The fourth-order valence-corrected chi connectivity index (χ4v) is 3.66. The lowest BCUT2D eigenvalue weighted by molar-refractivity contribution is 0.155. The zero-order valence-electron chi connectivity index (χ0n) is 12.1. The normalized spacial score (nSPS) is 20.4. The van der Waals surface area contributed by atoms with Crippen LogP contribution in [0.2, 0.25) is 0 Å². The minimum absolute atomic E-state index is 0.714. The van der Waals surface area contributed by atoms with Gasteiger partial charge >= 0.3 is 0 Å². The molecule has 1 atom stereocenters. The number of nitrogens with zero attached hydrogens (tertiary/aromatic N) is 5. The molecule has 1 saturated heterocycles. The summed E-state index contributed by atoms with van der Waals surface area (Å²) >= 11 is 1.71. The van der Waals surface area contributed by atoms with Crippen molar-refractivity contribution in [2.75, 3.05) is 13.1 Å². The summed E-state index contributed by atoms with van der Waals surface area (Å²) in [5.74, 6) is 1.83. The minimum Gasteiger partial charge on any atom is -0.335 e. The maximum Gasteiger partial charge on any atom is 0.131 e. The van der Waals surface area contributed by atoms with Gasteiger partial charge < -0.3 is 4.57 Å². The highest BCUT2D eigenvalue weighted by Crippen LogP contribution is 2.21. The van der Waals surface area contributed by atoms with Gasteiger partial charge in [-0.1, -0.05) is 0 Å². The average molecular weight is 291 g/mol. The van der Waals surface area contributed by atoms with Gasteiger partial charge in [-0.05, 0) is 39.2 Å². The van der Waals surface area contributed by atoms with E-state index < -0.39 is 0 Å². The molecule has 1 unspecified atom stereocenters. The first-order chi connectivity index (χ1) is 9.70. The molecule has 0 N–H and O–H groups in total. The number of piperidine rings is 1. The van der Waals surface area contributed by atoms with Crippen LogP contribution in [0.25, 0.3) is 0 Å². The molecule has 0 aromatic carbocycles. The highest BCUT2D eigenvalue weighted by atomic mass is 32.1. The molecule has 0 saturated carbocycles. The summed E-state index contributed by atoms with van der Waals surface area (Å²) in [5.41, 5.74) is 0. The molecule has 5 nitrogen and oxygen atoms in total. The Kier molecular flexibility index (Phi) is 4.12. The molecule has 2 aromatic rings. The van der Waals surface area contributed by atoms with Crippen LogP contribution >= 0.6 is 11.3 Å². The monoisotopic (exact) mass is 291 g/mol. The van der Waals surface area contributed by atoms with E-state index in [0.29, 0.717) is 5.92 Å². The summed E-state index contributed by atoms with van der Waals surface area (Å²) in [6.45, 7) is 8.45. The van der Waals surface area contributed by atoms with E-state index >= 15 is 0 Å². The number of hydrogen-bond acceptors (Lipinski definition) is 5. The predicted molar refractivity (Wildman–Crippen MR) is 79.6 cm³/mol. The van der Waals surface area contributed by atoms with Crippen LogP contribution in [0.3, 0.4) is 0 Å². The Balaban J connectivity index is 1.57. The van der Waals surface area contributed by atoms with Crippen LogP contribution in [0.15, 0.2) is 12.4 Å². The standard InChI is InChI=1S/C14H21N5S/c1-11-15-5-7-19(11)9-13-4-3-6-18(8-13)10-14-17-16-12(2)20-14/h5,7,13H,3-4,6,8-10H2,1-2H3. The lowest BCUT2D eigenvalue weighted by Gasteiger charge is -2.32. The van der Waals surface area contributed by atoms with Gasteiger partial charge in [-0.2, -0.15) is 0 Å². The molecule has 1 aliphatic heterocycles. The third kappa shape index (κ3) is 3.24. The van der Waals surface area contributed by atoms with Crippen LogP contribution in [0.5, 0.6) is 0 Å². The van der Waals surface area contributed by atoms with Crippen LogP contribution in [-0.2, 0) is 13.1 Å². The van der Waals surface area contributed by atoms with Crippen LogP contribution in [0.1, 0.15) is 28.7 Å². The van der Waals surface area contributed by atoms with E-state index in [1.165, 1.54) is 19.4 Å². The van der Waals surface area contributed by atoms with E-state index in [1.54, 1.807) is 11.3 Å². The second-order valence-electron chi connectivity index (χ2n) is 5.59. The van der Waals surface area contributed by atoms with Gasteiger partial charge in [0.1, 0.15) is 15.8 Å². The molecule has 108 valence electrons. The maximum atomic E-state index is 4.30. The highest BCUT2D eigenvalue weighted by molar-refractivity contribution is 7.11. The zero-order valence-corrected chi connectivity index (χ0v) is 12.9. The summed E-state index contributed by atoms with van der Waals surface area (Å²) in [5, 5.41) is 10.5. The topological polar surface area (TPSA) is 46.8 Å². The number of imidazole rings is 1. The first kappa shape index (κ1) is 13.7. The van der Waals surface area contributed by atoms with Crippen molar-refractivity contribution in [2.45, 2.75) is 39.8 Å². The molecule has 6 heteroatoms. The van der Waals surface area contributed by atoms with Gasteiger partial charge in [0, 0.05) is 25.5 Å². The Morgan fingerprint density at radius 2 is 2.25 bits per heavy atom. The molecule has 3 rings (SSSR count). The highest BCUT2D eigenvalue weighted by Gasteiger charge is 2.21. The Morgan fingerprint density at radius 1 is 1.35 bits per heavy atom. The number of aryl methyl sites for hydroxylation is 2. The van der Waals surface area contributed by atoms with E-state index in [0.717, 1.165) is 35.5 Å². The molecule has 0 aliphatic carbocycles. The van der Waals surface area contributed by atoms with Gasteiger partial charge in [-0.15, -0.1) is 21.5 Å². The zero-order chi connectivity index (χ0) is 13.9. The molecule has 1 aliphatic rings. The molecule has 0 radical (unpaired) electrons. The van der Waals surface area contributed by atoms with Crippen molar-refractivity contribution < 1.29 is 0 Å². The summed E-state index contributed by atoms with van der Waals surface area (Å²) in [7, 11) is 0. The van der Waals surface area contributed by atoms with Gasteiger partial charge in [0.2, 0.25) is 0 Å². The third-order valence-electron chi connectivity index (χ3n) is 3.91. The Bertz CT molecular complexity index is 561. The molecular weight excluding hydrogens is 270 g/mol. The molecule has 0 spiro atoms. The summed E-state index contributed by atoms with van der Waals surface area (Å²) in [6.07, 6.45) is 6.56. The number of likely N-dealkylation sites (tertiary alicyclic amines) is 1. The van der Waals surface area contributed by atoms with Gasteiger partial charge in [0.25, 0.3) is 0 Å². The van der Waals surface area contributed by atoms with Crippen LogP contribution in [-0.4, -0.2) is 37.7 Å². The number of hydrogen-bond donors (Lipinski definition) is 0. The van der Waals surface area contributed by atoms with E-state index in [4.69, 9.17) is 0 Å². The molecule has 1 fully saturated rings. The maximum absolute atomic E-state index is 4.30. The molecule has 0 bridgehead atoms. The number of aromatic nitrogens is 4. The van der Waals surface area contributed by atoms with E-state index in [-0.39, 0.29) is 0 Å². The first-order valence-corrected chi connectivity index (χ1v) is 8.01. The smallest absolute Gasteiger partial charge is 0.131 e. The quantitative estimate of drug-likeness (QED) is 0.867. The third-order valence-corrected chi connectivity index (χ3v) is 4.73. The van der Waals surface area contributed by atoms with Gasteiger partial charge in [0.15, 0.2) is 0 Å². The SMILES string of the molecule is Cc1nnc(CN2CCCC(Cn3ccnc3C)C2)s1. The first-order valence-electron chi connectivity index (χ1n) is 7.20. The minimum atomic E-state index is 0.714. The molecular formula is C14H21N5S. The summed E-state index contributed by atoms with van der Waals surface area (Å²) in [4.78, 5) is 6.82. The Hall–Kier alpha value is -1.27. The van der Waals surface area contributed by atoms with Gasteiger partial charge in [-0.3, -0.25) is 4.90 Å². The van der Waals surface area contributed by atoms with Crippen molar-refractivity contribution in [3.05, 3.63) is 28.2 Å². The predicted octanol–water partition coefficient (Wildman–Crippen LogP) is 2.26. The van der Waals surface area contributed by atoms with Crippen molar-refractivity contribution in [1.29, 1.82) is 0 Å². The van der Waals surface area contributed by atoms with Crippen molar-refractivity contribution in [3.8, 4) is 0 Å². The van der Waals surface area contributed by atoms with E-state index in [9.17, 15) is 0 Å². The van der Waals surface area contributed by atoms with Crippen LogP contribution in [0, 0.1) is 19.8 Å². The fourth-order valence-electron chi connectivity index (χ4n) is 2.91. The largest absolute Gasteiger partial charge is 0.335 e. The van der Waals surface area contributed by atoms with E-state index in [1.807, 2.05) is 13.1 Å². The lowest BCUT2D eigenvalue weighted by atomic mass is 9.98. The summed E-state index contributed by atoms with van der Waals surface area (Å²) in [6, 6.07) is 0. The van der Waals surface area contributed by atoms with Crippen molar-refractivity contribution in [3.63, 3.8) is 0 Å².